The molecule has 1 aliphatic heterocycles. The molecule has 1 aliphatic rings. The second-order valence-electron chi connectivity index (χ2n) is 6.69. The van der Waals surface area contributed by atoms with Crippen molar-refractivity contribution in [1.29, 1.82) is 0 Å². The average molecular weight is 326 g/mol. The molecule has 0 spiro atoms. The van der Waals surface area contributed by atoms with Gasteiger partial charge in [0.15, 0.2) is 0 Å². The highest BCUT2D eigenvalue weighted by Gasteiger charge is 2.23. The molecule has 1 atom stereocenters. The quantitative estimate of drug-likeness (QED) is 0.918. The van der Waals surface area contributed by atoms with Crippen LogP contribution in [0.5, 0.6) is 0 Å². The number of aromatic nitrogens is 2. The summed E-state index contributed by atoms with van der Waals surface area (Å²) in [7, 11) is 0. The Labute approximate surface area is 143 Å². The summed E-state index contributed by atoms with van der Waals surface area (Å²) in [5, 5.41) is 7.27. The van der Waals surface area contributed by atoms with Crippen molar-refractivity contribution in [1.82, 2.24) is 20.0 Å². The van der Waals surface area contributed by atoms with E-state index >= 15 is 0 Å². The molecule has 3 rings (SSSR count). The number of amides is 2. The summed E-state index contributed by atoms with van der Waals surface area (Å²) in [6.07, 6.45) is 5.81. The lowest BCUT2D eigenvalue weighted by Gasteiger charge is -2.32. The molecular weight excluding hydrogens is 300 g/mol. The van der Waals surface area contributed by atoms with Crippen LogP contribution >= 0.6 is 0 Å². The van der Waals surface area contributed by atoms with Crippen LogP contribution in [0.3, 0.4) is 0 Å². The molecule has 2 heterocycles. The van der Waals surface area contributed by atoms with Crippen LogP contribution in [0.25, 0.3) is 0 Å². The van der Waals surface area contributed by atoms with Gasteiger partial charge in [-0.1, -0.05) is 37.3 Å². The van der Waals surface area contributed by atoms with E-state index in [1.807, 2.05) is 21.8 Å². The molecule has 1 aromatic carbocycles. The van der Waals surface area contributed by atoms with Crippen molar-refractivity contribution < 1.29 is 4.79 Å². The molecule has 5 heteroatoms. The van der Waals surface area contributed by atoms with Crippen molar-refractivity contribution in [3.8, 4) is 0 Å². The number of hydrogen-bond acceptors (Lipinski definition) is 2. The minimum Gasteiger partial charge on any atom is -0.338 e. The second-order valence-corrected chi connectivity index (χ2v) is 6.69. The number of nitrogens with one attached hydrogen (secondary N) is 1. The summed E-state index contributed by atoms with van der Waals surface area (Å²) in [5.41, 5.74) is 1.39. The van der Waals surface area contributed by atoms with Gasteiger partial charge in [-0.2, -0.15) is 5.10 Å². The summed E-state index contributed by atoms with van der Waals surface area (Å²) >= 11 is 0. The first-order valence-electron chi connectivity index (χ1n) is 8.77. The van der Waals surface area contributed by atoms with Gasteiger partial charge in [-0.05, 0) is 36.3 Å². The van der Waals surface area contributed by atoms with E-state index in [9.17, 15) is 4.79 Å². The van der Waals surface area contributed by atoms with Crippen LogP contribution < -0.4 is 5.32 Å². The van der Waals surface area contributed by atoms with Crippen molar-refractivity contribution in [2.45, 2.75) is 32.2 Å². The normalized spacial score (nSPS) is 16.8. The van der Waals surface area contributed by atoms with Crippen LogP contribution in [0.4, 0.5) is 4.79 Å². The zero-order valence-corrected chi connectivity index (χ0v) is 14.3. The van der Waals surface area contributed by atoms with E-state index in [0.29, 0.717) is 18.4 Å². The number of hydrogen-bond donors (Lipinski definition) is 1. The summed E-state index contributed by atoms with van der Waals surface area (Å²) < 4.78 is 1.90. The minimum atomic E-state index is 0.0637. The largest absolute Gasteiger partial charge is 0.338 e. The Balaban J connectivity index is 1.40. The van der Waals surface area contributed by atoms with Crippen molar-refractivity contribution in [2.75, 3.05) is 19.6 Å². The Morgan fingerprint density at radius 2 is 2.00 bits per heavy atom. The highest BCUT2D eigenvalue weighted by Crippen LogP contribution is 2.27. The summed E-state index contributed by atoms with van der Waals surface area (Å²) in [6, 6.07) is 12.6. The van der Waals surface area contributed by atoms with Gasteiger partial charge in [0.1, 0.15) is 0 Å². The monoisotopic (exact) mass is 326 g/mol. The summed E-state index contributed by atoms with van der Waals surface area (Å²) in [5.74, 6) is 0.935. The molecule has 1 fully saturated rings. The van der Waals surface area contributed by atoms with E-state index in [1.165, 1.54) is 5.56 Å². The zero-order chi connectivity index (χ0) is 16.8. The number of carbonyl (C=O) groups excluding carboxylic acids is 1. The van der Waals surface area contributed by atoms with Gasteiger partial charge in [0, 0.05) is 38.6 Å². The molecule has 1 unspecified atom stereocenters. The highest BCUT2D eigenvalue weighted by molar-refractivity contribution is 5.74. The number of urea groups is 1. The number of piperidine rings is 1. The molecular formula is C19H26N4O. The first-order valence-corrected chi connectivity index (χ1v) is 8.77. The van der Waals surface area contributed by atoms with E-state index in [0.717, 1.165) is 32.5 Å². The third-order valence-corrected chi connectivity index (χ3v) is 4.71. The van der Waals surface area contributed by atoms with Crippen molar-refractivity contribution in [2.24, 2.45) is 5.92 Å². The predicted octanol–water partition coefficient (Wildman–Crippen LogP) is 3.11. The molecule has 5 nitrogen and oxygen atoms in total. The maximum atomic E-state index is 12.3. The molecule has 128 valence electrons. The molecule has 2 aromatic rings. The van der Waals surface area contributed by atoms with Gasteiger partial charge < -0.3 is 10.2 Å². The zero-order valence-electron chi connectivity index (χ0n) is 14.3. The Morgan fingerprint density at radius 1 is 1.25 bits per heavy atom. The third-order valence-electron chi connectivity index (χ3n) is 4.71. The number of likely N-dealkylation sites (tertiary alicyclic amines) is 1. The smallest absolute Gasteiger partial charge is 0.317 e. The molecule has 0 radical (unpaired) electrons. The van der Waals surface area contributed by atoms with Gasteiger partial charge in [0.25, 0.3) is 0 Å². The van der Waals surface area contributed by atoms with Crippen molar-refractivity contribution in [3.63, 3.8) is 0 Å². The maximum Gasteiger partial charge on any atom is 0.317 e. The van der Waals surface area contributed by atoms with Crippen LogP contribution in [0.1, 0.15) is 31.2 Å². The molecule has 2 amide bonds. The summed E-state index contributed by atoms with van der Waals surface area (Å²) in [4.78, 5) is 14.3. The number of carbonyl (C=O) groups is 1. The lowest BCUT2D eigenvalue weighted by Crippen LogP contribution is -2.45. The fraction of sp³-hybridized carbons (Fsp3) is 0.474. The Hall–Kier alpha value is -2.30. The first-order chi connectivity index (χ1) is 11.7. The average Bonchev–Trinajstić information content (AvgIpc) is 3.13. The van der Waals surface area contributed by atoms with Crippen LogP contribution in [0, 0.1) is 5.92 Å². The number of nitrogens with zero attached hydrogens (tertiary/aromatic N) is 3. The number of rotatable bonds is 5. The van der Waals surface area contributed by atoms with Gasteiger partial charge in [0.05, 0.1) is 0 Å². The van der Waals surface area contributed by atoms with E-state index < -0.39 is 0 Å². The van der Waals surface area contributed by atoms with Crippen molar-refractivity contribution in [3.05, 3.63) is 54.4 Å². The van der Waals surface area contributed by atoms with E-state index in [4.69, 9.17) is 0 Å². The third kappa shape index (κ3) is 4.37. The fourth-order valence-electron chi connectivity index (χ4n) is 3.31. The number of benzene rings is 1. The topological polar surface area (TPSA) is 50.2 Å². The Morgan fingerprint density at radius 3 is 2.67 bits per heavy atom. The SMILES string of the molecule is CC(CNC(=O)N1CCC(c2ccccc2)CC1)Cn1cccn1. The van der Waals surface area contributed by atoms with Gasteiger partial charge in [-0.15, -0.1) is 0 Å². The van der Waals surface area contributed by atoms with Gasteiger partial charge >= 0.3 is 6.03 Å². The molecule has 1 N–H and O–H groups in total. The van der Waals surface area contributed by atoms with Crippen molar-refractivity contribution >= 4 is 6.03 Å². The standard InChI is InChI=1S/C19H26N4O/c1-16(15-23-11-5-10-21-23)14-20-19(24)22-12-8-18(9-13-22)17-6-3-2-4-7-17/h2-7,10-11,16,18H,8-9,12-15H2,1H3,(H,20,24). The van der Waals surface area contributed by atoms with E-state index in [1.54, 1.807) is 6.20 Å². The molecule has 0 aliphatic carbocycles. The van der Waals surface area contributed by atoms with Crippen LogP contribution in [-0.2, 0) is 6.54 Å². The Bertz CT molecular complexity index is 618. The van der Waals surface area contributed by atoms with Crippen LogP contribution in [0.2, 0.25) is 0 Å². The summed E-state index contributed by atoms with van der Waals surface area (Å²) in [6.45, 7) is 5.29. The maximum absolute atomic E-state index is 12.3. The van der Waals surface area contributed by atoms with E-state index in [-0.39, 0.29) is 6.03 Å². The second kappa shape index (κ2) is 7.99. The minimum absolute atomic E-state index is 0.0637. The van der Waals surface area contributed by atoms with E-state index in [2.05, 4.69) is 47.7 Å². The highest BCUT2D eigenvalue weighted by atomic mass is 16.2. The van der Waals surface area contributed by atoms with Crippen LogP contribution in [-0.4, -0.2) is 40.3 Å². The molecule has 1 saturated heterocycles. The van der Waals surface area contributed by atoms with Crippen LogP contribution in [0.15, 0.2) is 48.8 Å². The fourth-order valence-corrected chi connectivity index (χ4v) is 3.31. The molecule has 24 heavy (non-hydrogen) atoms. The molecule has 0 bridgehead atoms. The first kappa shape index (κ1) is 16.6. The van der Waals surface area contributed by atoms with Gasteiger partial charge in [-0.25, -0.2) is 4.79 Å². The lowest BCUT2D eigenvalue weighted by atomic mass is 9.90. The molecule has 0 saturated carbocycles. The van der Waals surface area contributed by atoms with Gasteiger partial charge in [0.2, 0.25) is 0 Å². The Kier molecular flexibility index (Phi) is 5.51. The van der Waals surface area contributed by atoms with Gasteiger partial charge in [-0.3, -0.25) is 4.68 Å². The lowest BCUT2D eigenvalue weighted by molar-refractivity contribution is 0.179. The molecule has 1 aromatic heterocycles. The predicted molar refractivity (Wildman–Crippen MR) is 94.8 cm³/mol.